The lowest BCUT2D eigenvalue weighted by molar-refractivity contribution is 0.0945. The van der Waals surface area contributed by atoms with E-state index in [1.165, 1.54) is 0 Å². The van der Waals surface area contributed by atoms with Crippen molar-refractivity contribution in [3.05, 3.63) is 94.6 Å². The number of hydrogen-bond acceptors (Lipinski definition) is 4. The average molecular weight is 452 g/mol. The van der Waals surface area contributed by atoms with E-state index in [1.54, 1.807) is 35.0 Å². The number of pyridine rings is 1. The van der Waals surface area contributed by atoms with Crippen LogP contribution in [0.1, 0.15) is 50.3 Å². The Labute approximate surface area is 196 Å². The quantitative estimate of drug-likeness (QED) is 0.428. The van der Waals surface area contributed by atoms with Crippen LogP contribution >= 0.6 is 0 Å². The summed E-state index contributed by atoms with van der Waals surface area (Å²) in [6, 6.07) is 16.6. The van der Waals surface area contributed by atoms with E-state index in [0.29, 0.717) is 6.54 Å². The summed E-state index contributed by atoms with van der Waals surface area (Å²) in [6.07, 6.45) is 2.54. The van der Waals surface area contributed by atoms with Crippen LogP contribution in [0.5, 0.6) is 0 Å². The molecule has 34 heavy (non-hydrogen) atoms. The number of hydrogen-bond donors (Lipinski definition) is 1. The van der Waals surface area contributed by atoms with Crippen molar-refractivity contribution in [1.29, 1.82) is 0 Å². The number of fused-ring (bicyclic) bond motifs is 2. The fraction of sp³-hybridized carbons (Fsp3) is 0.185. The molecule has 1 amide bonds. The van der Waals surface area contributed by atoms with Gasteiger partial charge in [-0.1, -0.05) is 25.1 Å². The van der Waals surface area contributed by atoms with Gasteiger partial charge in [0.15, 0.2) is 5.65 Å². The number of imidazole rings is 1. The van der Waals surface area contributed by atoms with E-state index in [2.05, 4.69) is 30.5 Å². The van der Waals surface area contributed by atoms with Crippen molar-refractivity contribution in [3.63, 3.8) is 0 Å². The molecule has 0 radical (unpaired) electrons. The zero-order chi connectivity index (χ0) is 24.0. The van der Waals surface area contributed by atoms with E-state index >= 15 is 0 Å². The Balaban J connectivity index is 1.53. The molecular weight excluding hydrogens is 426 g/mol. The number of nitrogens with zero attached hydrogens (tertiary/aromatic N) is 4. The van der Waals surface area contributed by atoms with Crippen molar-refractivity contribution in [2.75, 3.05) is 0 Å². The van der Waals surface area contributed by atoms with Gasteiger partial charge in [-0.3, -0.25) is 14.2 Å². The number of benzene rings is 2. The second-order valence-corrected chi connectivity index (χ2v) is 8.51. The molecule has 2 N–H and O–H groups in total. The molecule has 0 saturated heterocycles. The van der Waals surface area contributed by atoms with Crippen molar-refractivity contribution in [3.8, 4) is 0 Å². The summed E-state index contributed by atoms with van der Waals surface area (Å²) in [4.78, 5) is 34.6. The molecule has 3 heterocycles. The van der Waals surface area contributed by atoms with Crippen LogP contribution in [0.2, 0.25) is 0 Å². The Morgan fingerprint density at radius 3 is 2.47 bits per heavy atom. The van der Waals surface area contributed by atoms with E-state index in [0.717, 1.165) is 51.1 Å². The van der Waals surface area contributed by atoms with Gasteiger partial charge in [0.25, 0.3) is 5.91 Å². The predicted molar refractivity (Wildman–Crippen MR) is 132 cm³/mol. The third-order valence-corrected chi connectivity index (χ3v) is 6.15. The molecular formula is C27H25N5O2. The molecule has 0 bridgehead atoms. The molecule has 0 aliphatic heterocycles. The fourth-order valence-electron chi connectivity index (χ4n) is 4.55. The Bertz CT molecular complexity index is 1590. The van der Waals surface area contributed by atoms with E-state index in [-0.39, 0.29) is 17.0 Å². The second-order valence-electron chi connectivity index (χ2n) is 8.51. The number of carbonyl (C=O) groups is 2. The highest BCUT2D eigenvalue weighted by molar-refractivity contribution is 6.09. The first kappa shape index (κ1) is 21.6. The Kier molecular flexibility index (Phi) is 5.24. The normalized spacial score (nSPS) is 11.4. The minimum Gasteiger partial charge on any atom is -0.366 e. The molecule has 0 fully saturated rings. The van der Waals surface area contributed by atoms with Gasteiger partial charge in [0.2, 0.25) is 5.91 Å². The molecule has 0 unspecified atom stereocenters. The van der Waals surface area contributed by atoms with Crippen LogP contribution in [0.4, 0.5) is 0 Å². The molecule has 0 atom stereocenters. The van der Waals surface area contributed by atoms with Gasteiger partial charge in [0.05, 0.1) is 23.2 Å². The van der Waals surface area contributed by atoms with E-state index in [4.69, 9.17) is 15.7 Å². The predicted octanol–water partition coefficient (Wildman–Crippen LogP) is 4.40. The minimum atomic E-state index is -0.624. The summed E-state index contributed by atoms with van der Waals surface area (Å²) >= 11 is 0. The molecule has 0 saturated carbocycles. The minimum absolute atomic E-state index is 0.211. The summed E-state index contributed by atoms with van der Waals surface area (Å²) in [5.41, 5.74) is 11.7. The molecule has 170 valence electrons. The Hall–Kier alpha value is -4.26. The maximum atomic E-state index is 13.2. The van der Waals surface area contributed by atoms with Crippen LogP contribution in [-0.4, -0.2) is 30.9 Å². The second kappa shape index (κ2) is 8.26. The summed E-state index contributed by atoms with van der Waals surface area (Å²) in [5.74, 6) is 0.0781. The topological polar surface area (TPSA) is 95.8 Å². The van der Waals surface area contributed by atoms with Crippen molar-refractivity contribution in [2.24, 2.45) is 5.73 Å². The van der Waals surface area contributed by atoms with Crippen molar-refractivity contribution >= 4 is 33.9 Å². The Morgan fingerprint density at radius 2 is 1.74 bits per heavy atom. The van der Waals surface area contributed by atoms with Gasteiger partial charge in [0, 0.05) is 23.7 Å². The van der Waals surface area contributed by atoms with Gasteiger partial charge in [-0.2, -0.15) is 0 Å². The lowest BCUT2D eigenvalue weighted by Crippen LogP contribution is -2.19. The van der Waals surface area contributed by atoms with E-state index in [9.17, 15) is 9.59 Å². The maximum absolute atomic E-state index is 13.2. The van der Waals surface area contributed by atoms with E-state index < -0.39 is 5.91 Å². The lowest BCUT2D eigenvalue weighted by Gasteiger charge is -2.10. The zero-order valence-corrected chi connectivity index (χ0v) is 19.4. The number of carbonyl (C=O) groups excluding carboxylic acids is 2. The molecule has 7 heteroatoms. The smallest absolute Gasteiger partial charge is 0.263 e. The van der Waals surface area contributed by atoms with Crippen LogP contribution in [0.3, 0.4) is 0 Å². The summed E-state index contributed by atoms with van der Waals surface area (Å²) in [5, 5.41) is 0.935. The first-order chi connectivity index (χ1) is 16.4. The van der Waals surface area contributed by atoms with E-state index in [1.807, 2.05) is 25.1 Å². The third kappa shape index (κ3) is 3.55. The van der Waals surface area contributed by atoms with Crippen LogP contribution in [0.15, 0.2) is 60.8 Å². The maximum Gasteiger partial charge on any atom is 0.263 e. The molecule has 7 nitrogen and oxygen atoms in total. The molecule has 5 aromatic rings. The lowest BCUT2D eigenvalue weighted by atomic mass is 10.1. The number of aromatic nitrogens is 4. The van der Waals surface area contributed by atoms with Gasteiger partial charge in [-0.15, -0.1) is 0 Å². The highest BCUT2D eigenvalue weighted by Gasteiger charge is 2.18. The highest BCUT2D eigenvalue weighted by Crippen LogP contribution is 2.24. The molecule has 0 aliphatic rings. The first-order valence-corrected chi connectivity index (χ1v) is 11.2. The number of aryl methyl sites for hydroxylation is 3. The van der Waals surface area contributed by atoms with Gasteiger partial charge < -0.3 is 10.3 Å². The third-order valence-electron chi connectivity index (χ3n) is 6.15. The van der Waals surface area contributed by atoms with Gasteiger partial charge in [-0.25, -0.2) is 9.97 Å². The average Bonchev–Trinajstić information content (AvgIpc) is 3.40. The standard InChI is InChI=1S/C27H25N5O2/c1-4-23-30-24-16(2)13-17(3)29-26(24)32(23)15-18-9-10-22-19(14-18)11-12-31(22)27(34)21-8-6-5-7-20(21)25(28)33/h5-14H,4,15H2,1-3H3,(H2,28,33). The van der Waals surface area contributed by atoms with Crippen LogP contribution in [0.25, 0.3) is 22.1 Å². The molecule has 0 spiro atoms. The SMILES string of the molecule is CCc1nc2c(C)cc(C)nc2n1Cc1ccc2c(ccn2C(=O)c2ccccc2C(N)=O)c1. The summed E-state index contributed by atoms with van der Waals surface area (Å²) < 4.78 is 3.72. The van der Waals surface area contributed by atoms with Crippen LogP contribution in [-0.2, 0) is 13.0 Å². The highest BCUT2D eigenvalue weighted by atomic mass is 16.2. The van der Waals surface area contributed by atoms with Crippen molar-refractivity contribution in [1.82, 2.24) is 19.1 Å². The first-order valence-electron chi connectivity index (χ1n) is 11.2. The number of rotatable bonds is 5. The Morgan fingerprint density at radius 1 is 0.971 bits per heavy atom. The van der Waals surface area contributed by atoms with Crippen LogP contribution in [0, 0.1) is 13.8 Å². The van der Waals surface area contributed by atoms with Gasteiger partial charge in [-0.05, 0) is 61.4 Å². The number of amides is 1. The van der Waals surface area contributed by atoms with Gasteiger partial charge >= 0.3 is 0 Å². The van der Waals surface area contributed by atoms with Gasteiger partial charge in [0.1, 0.15) is 11.3 Å². The number of primary amides is 1. The molecule has 5 rings (SSSR count). The monoisotopic (exact) mass is 451 g/mol. The fourth-order valence-corrected chi connectivity index (χ4v) is 4.55. The molecule has 3 aromatic heterocycles. The van der Waals surface area contributed by atoms with Crippen molar-refractivity contribution < 1.29 is 9.59 Å². The van der Waals surface area contributed by atoms with Crippen molar-refractivity contribution in [2.45, 2.75) is 33.7 Å². The number of nitrogens with two attached hydrogens (primary N) is 1. The summed E-state index contributed by atoms with van der Waals surface area (Å²) in [6.45, 7) is 6.79. The largest absolute Gasteiger partial charge is 0.366 e. The molecule has 0 aliphatic carbocycles. The molecule has 2 aromatic carbocycles. The van der Waals surface area contributed by atoms with Crippen LogP contribution < -0.4 is 5.73 Å². The zero-order valence-electron chi connectivity index (χ0n) is 19.4. The summed E-state index contributed by atoms with van der Waals surface area (Å²) in [7, 11) is 0.